The normalized spacial score (nSPS) is 12.5. The fraction of sp³-hybridized carbons (Fsp3) is 0.965. The largest absolute Gasteiger partial charge is 0.466 e. The molecule has 6 heteroatoms. The van der Waals surface area contributed by atoms with Crippen LogP contribution in [0.4, 0.5) is 0 Å². The van der Waals surface area contributed by atoms with Gasteiger partial charge in [-0.15, -0.1) is 0 Å². The zero-order valence-corrected chi connectivity index (χ0v) is 42.8. The molecule has 0 saturated carbocycles. The monoisotopic (exact) mass is 892 g/mol. The minimum atomic E-state index is -0.668. The third-order valence-corrected chi connectivity index (χ3v) is 13.7. The molecule has 0 aliphatic carbocycles. The standard InChI is InChI=1S/C57H113NO5/c1-3-5-7-9-11-13-15-17-19-20-23-27-31-35-39-43-47-51-57(62)63-52-48-44-40-36-32-28-24-21-22-26-30-34-38-42-46-50-56(61)58-54(53-59)55(60)49-45-41-37-33-29-25-18-16-14-12-10-8-6-4-2/h54-55,59-60H,3-53H2,1-2H3,(H,58,61). The molecule has 0 bridgehead atoms. The number of aliphatic hydroxyl groups is 2. The van der Waals surface area contributed by atoms with Crippen molar-refractivity contribution in [1.29, 1.82) is 0 Å². The summed E-state index contributed by atoms with van der Waals surface area (Å²) in [6.07, 6.45) is 60.9. The second-order valence-electron chi connectivity index (χ2n) is 20.0. The molecule has 376 valence electrons. The van der Waals surface area contributed by atoms with Crippen LogP contribution >= 0.6 is 0 Å². The third kappa shape index (κ3) is 50.1. The van der Waals surface area contributed by atoms with Crippen molar-refractivity contribution in [1.82, 2.24) is 5.32 Å². The van der Waals surface area contributed by atoms with Crippen LogP contribution in [-0.2, 0) is 14.3 Å². The van der Waals surface area contributed by atoms with Gasteiger partial charge < -0.3 is 20.3 Å². The molecule has 0 rings (SSSR count). The van der Waals surface area contributed by atoms with Gasteiger partial charge in [0.05, 0.1) is 25.4 Å². The Hall–Kier alpha value is -1.14. The SMILES string of the molecule is CCCCCCCCCCCCCCCCCCCC(=O)OCCCCCCCCCCCCCCCCCC(=O)NC(CO)C(O)CCCCCCCCCCCCCCCC. The van der Waals surface area contributed by atoms with Gasteiger partial charge in [0.15, 0.2) is 0 Å². The van der Waals surface area contributed by atoms with Crippen LogP contribution in [0.2, 0.25) is 0 Å². The summed E-state index contributed by atoms with van der Waals surface area (Å²) in [6.45, 7) is 4.96. The molecule has 3 N–H and O–H groups in total. The molecule has 2 unspecified atom stereocenters. The number of hydrogen-bond donors (Lipinski definition) is 3. The highest BCUT2D eigenvalue weighted by atomic mass is 16.5. The highest BCUT2D eigenvalue weighted by molar-refractivity contribution is 5.76. The van der Waals surface area contributed by atoms with Gasteiger partial charge in [0.25, 0.3) is 0 Å². The molecule has 0 aliphatic rings. The van der Waals surface area contributed by atoms with Crippen molar-refractivity contribution >= 4 is 11.9 Å². The van der Waals surface area contributed by atoms with Crippen molar-refractivity contribution in [3.8, 4) is 0 Å². The number of unbranched alkanes of at least 4 members (excludes halogenated alkanes) is 43. The van der Waals surface area contributed by atoms with E-state index >= 15 is 0 Å². The second-order valence-corrected chi connectivity index (χ2v) is 20.0. The number of rotatable bonds is 54. The van der Waals surface area contributed by atoms with Gasteiger partial charge in [0.1, 0.15) is 0 Å². The first-order valence-corrected chi connectivity index (χ1v) is 28.8. The van der Waals surface area contributed by atoms with E-state index in [0.717, 1.165) is 44.9 Å². The highest BCUT2D eigenvalue weighted by Gasteiger charge is 2.20. The highest BCUT2D eigenvalue weighted by Crippen LogP contribution is 2.18. The second kappa shape index (κ2) is 53.5. The van der Waals surface area contributed by atoms with E-state index in [0.29, 0.717) is 25.9 Å². The number of carbonyl (C=O) groups excluding carboxylic acids is 2. The van der Waals surface area contributed by atoms with Gasteiger partial charge in [0, 0.05) is 12.8 Å². The van der Waals surface area contributed by atoms with Gasteiger partial charge in [-0.25, -0.2) is 0 Å². The Morgan fingerprint density at radius 2 is 0.651 bits per heavy atom. The Morgan fingerprint density at radius 3 is 0.968 bits per heavy atom. The Balaban J connectivity index is 3.39. The molecule has 0 radical (unpaired) electrons. The molecule has 0 aromatic heterocycles. The molecule has 2 atom stereocenters. The third-order valence-electron chi connectivity index (χ3n) is 13.7. The van der Waals surface area contributed by atoms with E-state index < -0.39 is 12.1 Å². The molecular weight excluding hydrogens is 779 g/mol. The quantitative estimate of drug-likeness (QED) is 0.0418. The van der Waals surface area contributed by atoms with Gasteiger partial charge in [-0.05, 0) is 25.7 Å². The predicted molar refractivity (Wildman–Crippen MR) is 274 cm³/mol. The fourth-order valence-corrected chi connectivity index (χ4v) is 9.23. The first-order chi connectivity index (χ1) is 31.0. The van der Waals surface area contributed by atoms with Crippen LogP contribution in [-0.4, -0.2) is 47.4 Å². The average molecular weight is 893 g/mol. The summed E-state index contributed by atoms with van der Waals surface area (Å²) in [7, 11) is 0. The summed E-state index contributed by atoms with van der Waals surface area (Å²) in [4.78, 5) is 24.5. The molecule has 1 amide bonds. The van der Waals surface area contributed by atoms with Crippen molar-refractivity contribution in [2.75, 3.05) is 13.2 Å². The summed E-state index contributed by atoms with van der Waals surface area (Å²) < 4.78 is 5.49. The van der Waals surface area contributed by atoms with Crippen LogP contribution < -0.4 is 5.32 Å². The number of nitrogens with one attached hydrogen (secondary N) is 1. The molecule has 0 heterocycles. The maximum absolute atomic E-state index is 12.5. The molecule has 0 fully saturated rings. The Kier molecular flexibility index (Phi) is 52.5. The van der Waals surface area contributed by atoms with Crippen molar-refractivity contribution < 1.29 is 24.5 Å². The average Bonchev–Trinajstić information content (AvgIpc) is 3.28. The molecular formula is C57H113NO5. The lowest BCUT2D eigenvalue weighted by Gasteiger charge is -2.22. The summed E-state index contributed by atoms with van der Waals surface area (Å²) in [6, 6.07) is -0.546. The van der Waals surface area contributed by atoms with Crippen LogP contribution in [0.5, 0.6) is 0 Å². The van der Waals surface area contributed by atoms with Crippen LogP contribution in [0.1, 0.15) is 328 Å². The number of amides is 1. The van der Waals surface area contributed by atoms with E-state index in [-0.39, 0.29) is 18.5 Å². The number of carbonyl (C=O) groups is 2. The number of esters is 1. The van der Waals surface area contributed by atoms with Gasteiger partial charge >= 0.3 is 5.97 Å². The minimum absolute atomic E-state index is 0.00554. The Labute approximate surface area is 394 Å². The maximum atomic E-state index is 12.5. The van der Waals surface area contributed by atoms with Gasteiger partial charge in [0.2, 0.25) is 5.91 Å². The number of hydrogen-bond acceptors (Lipinski definition) is 5. The predicted octanol–water partition coefficient (Wildman–Crippen LogP) is 17.5. The van der Waals surface area contributed by atoms with Gasteiger partial charge in [-0.1, -0.05) is 290 Å². The van der Waals surface area contributed by atoms with Crippen LogP contribution in [0.3, 0.4) is 0 Å². The van der Waals surface area contributed by atoms with Gasteiger partial charge in [-0.2, -0.15) is 0 Å². The maximum Gasteiger partial charge on any atom is 0.305 e. The number of ether oxygens (including phenoxy) is 1. The first kappa shape index (κ1) is 61.9. The summed E-state index contributed by atoms with van der Waals surface area (Å²) in [5.41, 5.74) is 0. The van der Waals surface area contributed by atoms with Crippen molar-refractivity contribution in [3.63, 3.8) is 0 Å². The molecule has 0 aromatic carbocycles. The van der Waals surface area contributed by atoms with E-state index in [4.69, 9.17) is 4.74 Å². The van der Waals surface area contributed by atoms with Crippen LogP contribution in [0.15, 0.2) is 0 Å². The van der Waals surface area contributed by atoms with Crippen LogP contribution in [0, 0.1) is 0 Å². The molecule has 0 aromatic rings. The molecule has 6 nitrogen and oxygen atoms in total. The van der Waals surface area contributed by atoms with Crippen LogP contribution in [0.25, 0.3) is 0 Å². The number of aliphatic hydroxyl groups excluding tert-OH is 2. The van der Waals surface area contributed by atoms with E-state index in [1.54, 1.807) is 0 Å². The van der Waals surface area contributed by atoms with Gasteiger partial charge in [-0.3, -0.25) is 9.59 Å². The Morgan fingerprint density at radius 1 is 0.381 bits per heavy atom. The minimum Gasteiger partial charge on any atom is -0.466 e. The lowest BCUT2D eigenvalue weighted by molar-refractivity contribution is -0.143. The van der Waals surface area contributed by atoms with Crippen molar-refractivity contribution in [2.24, 2.45) is 0 Å². The van der Waals surface area contributed by atoms with Crippen molar-refractivity contribution in [3.05, 3.63) is 0 Å². The summed E-state index contributed by atoms with van der Waals surface area (Å²) in [5, 5.41) is 23.2. The van der Waals surface area contributed by atoms with E-state index in [2.05, 4.69) is 19.2 Å². The Bertz CT molecular complexity index is 898. The molecule has 63 heavy (non-hydrogen) atoms. The zero-order valence-electron chi connectivity index (χ0n) is 42.8. The summed E-state index contributed by atoms with van der Waals surface area (Å²) >= 11 is 0. The first-order valence-electron chi connectivity index (χ1n) is 28.8. The summed E-state index contributed by atoms with van der Waals surface area (Å²) in [5.74, 6) is -0.0354. The van der Waals surface area contributed by atoms with E-state index in [1.807, 2.05) is 0 Å². The lowest BCUT2D eigenvalue weighted by Crippen LogP contribution is -2.45. The fourth-order valence-electron chi connectivity index (χ4n) is 9.23. The molecule has 0 aliphatic heterocycles. The zero-order chi connectivity index (χ0) is 45.8. The topological polar surface area (TPSA) is 95.9 Å². The smallest absolute Gasteiger partial charge is 0.305 e. The molecule has 0 saturated heterocycles. The molecule has 0 spiro atoms. The van der Waals surface area contributed by atoms with E-state index in [1.165, 1.54) is 250 Å². The van der Waals surface area contributed by atoms with Crippen molar-refractivity contribution in [2.45, 2.75) is 341 Å². The van der Waals surface area contributed by atoms with E-state index in [9.17, 15) is 19.8 Å². The lowest BCUT2D eigenvalue weighted by atomic mass is 10.0.